The Morgan fingerprint density at radius 2 is 1.31 bits per heavy atom. The molecule has 8 heteroatoms. The Hall–Kier alpha value is -1.80. The first kappa shape index (κ1) is 22.2. The molecule has 0 saturated heterocycles. The van der Waals surface area contributed by atoms with Crippen LogP contribution in [-0.2, 0) is 19.4 Å². The number of carboxylic acids is 1. The van der Waals surface area contributed by atoms with E-state index in [0.717, 1.165) is 18.4 Å². The molecule has 0 spiro atoms. The van der Waals surface area contributed by atoms with Crippen LogP contribution < -0.4 is 34.7 Å². The maximum atomic E-state index is 13.1. The molecule has 0 unspecified atom stereocenters. The van der Waals surface area contributed by atoms with Gasteiger partial charge in [0, 0.05) is 17.4 Å². The third-order valence-electron chi connectivity index (χ3n) is 3.51. The fourth-order valence-electron chi connectivity index (χ4n) is 2.37. The van der Waals surface area contributed by atoms with Gasteiger partial charge in [0.05, 0.1) is 10.9 Å². The van der Waals surface area contributed by atoms with Crippen molar-refractivity contribution in [2.75, 3.05) is 6.26 Å². The van der Waals surface area contributed by atoms with Crippen molar-refractivity contribution in [3.05, 3.63) is 65.5 Å². The Kier molecular flexibility index (Phi) is 7.46. The summed E-state index contributed by atoms with van der Waals surface area (Å²) in [6, 6.07) is 9.86. The van der Waals surface area contributed by atoms with E-state index in [-0.39, 0.29) is 56.7 Å². The van der Waals surface area contributed by atoms with Crippen LogP contribution in [0.1, 0.15) is 18.1 Å². The maximum Gasteiger partial charge on any atom is 1.00 e. The Balaban J connectivity index is 0.00000338. The van der Waals surface area contributed by atoms with Crippen LogP contribution in [0.4, 0.5) is 4.39 Å². The fraction of sp³-hybridized carbons (Fsp3) is 0.111. The van der Waals surface area contributed by atoms with Gasteiger partial charge in [0.1, 0.15) is 5.82 Å². The smallest absolute Gasteiger partial charge is 0.545 e. The number of Topliss-reactive ketones (excluding diaryl/α,β-unsaturated/α-hetero) is 1. The van der Waals surface area contributed by atoms with E-state index in [1.54, 1.807) is 0 Å². The van der Waals surface area contributed by atoms with Crippen LogP contribution in [0.25, 0.3) is 11.1 Å². The van der Waals surface area contributed by atoms with Gasteiger partial charge in [-0.2, -0.15) is 0 Å². The predicted molar refractivity (Wildman–Crippen MR) is 88.5 cm³/mol. The number of halogens is 1. The third kappa shape index (κ3) is 5.11. The Morgan fingerprint density at radius 3 is 1.69 bits per heavy atom. The van der Waals surface area contributed by atoms with Crippen LogP contribution in [0, 0.1) is 5.82 Å². The molecule has 0 heterocycles. The number of sulfone groups is 1. The molecule has 26 heavy (non-hydrogen) atoms. The molecule has 2 aromatic carbocycles. The Bertz CT molecular complexity index is 962. The van der Waals surface area contributed by atoms with Gasteiger partial charge in [0.15, 0.2) is 15.6 Å². The zero-order chi connectivity index (χ0) is 18.8. The second-order valence-electron chi connectivity index (χ2n) is 5.40. The molecule has 0 aromatic heterocycles. The quantitative estimate of drug-likeness (QED) is 0.355. The summed E-state index contributed by atoms with van der Waals surface area (Å²) < 4.78 is 36.1. The van der Waals surface area contributed by atoms with Crippen molar-refractivity contribution in [1.29, 1.82) is 0 Å². The van der Waals surface area contributed by atoms with Crippen LogP contribution in [0.2, 0.25) is 0 Å². The number of allylic oxidation sites excluding steroid dienone is 1. The standard InChI is InChI=1S/C18H15FO5S.Na/c1-11(20)16(12-5-9-15(10-6-12)25(2,23)24)17(18(21)22)13-3-7-14(19)8-4-13;/h3-10H,1-2H3,(H,21,22);/q;+1/p-1/b17-16+;. The minimum Gasteiger partial charge on any atom is -0.545 e. The summed E-state index contributed by atoms with van der Waals surface area (Å²) >= 11 is 0. The summed E-state index contributed by atoms with van der Waals surface area (Å²) in [5.74, 6) is -2.69. The fourth-order valence-corrected chi connectivity index (χ4v) is 3.00. The van der Waals surface area contributed by atoms with E-state index in [2.05, 4.69) is 0 Å². The summed E-state index contributed by atoms with van der Waals surface area (Å²) in [7, 11) is -3.43. The molecule has 2 rings (SSSR count). The molecule has 130 valence electrons. The van der Waals surface area contributed by atoms with Crippen LogP contribution in [-0.4, -0.2) is 26.4 Å². The number of hydrogen-bond donors (Lipinski definition) is 0. The average molecular weight is 384 g/mol. The van der Waals surface area contributed by atoms with E-state index in [1.165, 1.54) is 43.3 Å². The first-order valence-corrected chi connectivity index (χ1v) is 9.03. The zero-order valence-electron chi connectivity index (χ0n) is 14.4. The van der Waals surface area contributed by atoms with E-state index >= 15 is 0 Å². The monoisotopic (exact) mass is 384 g/mol. The molecule has 0 bridgehead atoms. The number of aliphatic carboxylic acids is 1. The van der Waals surface area contributed by atoms with Gasteiger partial charge in [-0.3, -0.25) is 4.79 Å². The molecule has 5 nitrogen and oxygen atoms in total. The topological polar surface area (TPSA) is 91.3 Å². The molecule has 2 aromatic rings. The molecule has 0 saturated carbocycles. The van der Waals surface area contributed by atoms with Crippen molar-refractivity contribution in [3.63, 3.8) is 0 Å². The molecule has 0 fully saturated rings. The molecule has 0 radical (unpaired) electrons. The zero-order valence-corrected chi connectivity index (χ0v) is 17.3. The Labute approximate surface area is 172 Å². The minimum atomic E-state index is -3.43. The predicted octanol–water partition coefficient (Wildman–Crippen LogP) is -1.52. The molecule has 0 amide bonds. The number of carbonyl (C=O) groups is 2. The van der Waals surface area contributed by atoms with E-state index in [9.17, 15) is 27.5 Å². The average Bonchev–Trinajstić information content (AvgIpc) is 2.52. The first-order chi connectivity index (χ1) is 11.6. The number of carbonyl (C=O) groups excluding carboxylic acids is 2. The number of carboxylic acid groups (broad SMARTS) is 1. The largest absolute Gasteiger partial charge is 1.00 e. The second-order valence-corrected chi connectivity index (χ2v) is 7.41. The van der Waals surface area contributed by atoms with Crippen molar-refractivity contribution in [2.45, 2.75) is 11.8 Å². The molecular formula is C18H14FNaO5S. The summed E-state index contributed by atoms with van der Waals surface area (Å²) in [5.41, 5.74) is -0.200. The second kappa shape index (κ2) is 8.73. The van der Waals surface area contributed by atoms with E-state index in [4.69, 9.17) is 0 Å². The van der Waals surface area contributed by atoms with Crippen molar-refractivity contribution in [2.24, 2.45) is 0 Å². The van der Waals surface area contributed by atoms with Crippen LogP contribution >= 0.6 is 0 Å². The van der Waals surface area contributed by atoms with Crippen LogP contribution in [0.15, 0.2) is 53.4 Å². The van der Waals surface area contributed by atoms with Crippen molar-refractivity contribution in [3.8, 4) is 0 Å². The van der Waals surface area contributed by atoms with E-state index in [0.29, 0.717) is 0 Å². The molecule has 0 aliphatic rings. The number of hydrogen-bond acceptors (Lipinski definition) is 5. The van der Waals surface area contributed by atoms with Gasteiger partial charge < -0.3 is 9.90 Å². The van der Waals surface area contributed by atoms with Gasteiger partial charge in [-0.25, -0.2) is 12.8 Å². The normalized spacial score (nSPS) is 12.0. The van der Waals surface area contributed by atoms with E-state index < -0.39 is 27.4 Å². The third-order valence-corrected chi connectivity index (χ3v) is 4.64. The van der Waals surface area contributed by atoms with Crippen molar-refractivity contribution >= 4 is 32.7 Å². The van der Waals surface area contributed by atoms with Gasteiger partial charge in [0.2, 0.25) is 0 Å². The molecule has 0 aliphatic heterocycles. The molecular weight excluding hydrogens is 370 g/mol. The molecule has 0 atom stereocenters. The van der Waals surface area contributed by atoms with Gasteiger partial charge in [-0.05, 0) is 42.3 Å². The maximum absolute atomic E-state index is 13.1. The van der Waals surface area contributed by atoms with Crippen LogP contribution in [0.3, 0.4) is 0 Å². The summed E-state index contributed by atoms with van der Waals surface area (Å²) in [6.07, 6.45) is 1.04. The van der Waals surface area contributed by atoms with Gasteiger partial charge in [-0.15, -0.1) is 0 Å². The van der Waals surface area contributed by atoms with Gasteiger partial charge in [-0.1, -0.05) is 24.3 Å². The van der Waals surface area contributed by atoms with Gasteiger partial charge >= 0.3 is 29.6 Å². The minimum absolute atomic E-state index is 0. The van der Waals surface area contributed by atoms with Crippen molar-refractivity contribution < 1.29 is 57.1 Å². The number of rotatable bonds is 5. The summed E-state index contributed by atoms with van der Waals surface area (Å²) in [5, 5.41) is 11.6. The first-order valence-electron chi connectivity index (χ1n) is 7.14. The number of ketones is 1. The van der Waals surface area contributed by atoms with Crippen LogP contribution in [0.5, 0.6) is 0 Å². The van der Waals surface area contributed by atoms with Crippen molar-refractivity contribution in [1.82, 2.24) is 0 Å². The number of benzene rings is 2. The SMILES string of the molecule is CC(=O)/C(=C(\C(=O)[O-])c1ccc(F)cc1)c1ccc(S(C)(=O)=O)cc1.[Na+]. The van der Waals surface area contributed by atoms with Gasteiger partial charge in [0.25, 0.3) is 0 Å². The Morgan fingerprint density at radius 1 is 0.885 bits per heavy atom. The summed E-state index contributed by atoms with van der Waals surface area (Å²) in [6.45, 7) is 1.19. The molecule has 0 N–H and O–H groups in total. The summed E-state index contributed by atoms with van der Waals surface area (Å²) in [4.78, 5) is 23.7. The van der Waals surface area contributed by atoms with E-state index in [1.807, 2.05) is 0 Å². The molecule has 0 aliphatic carbocycles.